The number of ketones is 1. The second kappa shape index (κ2) is 7.71. The van der Waals surface area contributed by atoms with Crippen LogP contribution >= 0.6 is 0 Å². The molecule has 2 saturated carbocycles. The summed E-state index contributed by atoms with van der Waals surface area (Å²) in [5.74, 6) is 3.03. The van der Waals surface area contributed by atoms with Crippen molar-refractivity contribution in [1.82, 2.24) is 0 Å². The van der Waals surface area contributed by atoms with Crippen LogP contribution < -0.4 is 0 Å². The largest absolute Gasteiger partial charge is 0.299 e. The van der Waals surface area contributed by atoms with E-state index >= 15 is 0 Å². The van der Waals surface area contributed by atoms with Gasteiger partial charge in [0.05, 0.1) is 0 Å². The average molecular weight is 437 g/mol. The Morgan fingerprint density at radius 3 is 2.41 bits per heavy atom. The minimum atomic E-state index is -0.205. The topological polar surface area (TPSA) is 17.1 Å². The van der Waals surface area contributed by atoms with Crippen molar-refractivity contribution in [3.8, 4) is 0 Å². The predicted molar refractivity (Wildman–Crippen MR) is 136 cm³/mol. The van der Waals surface area contributed by atoms with E-state index in [0.29, 0.717) is 23.0 Å². The standard InChI is InChI=1S/C31H48O/c1-20(2)21(3)10-11-22(4)23-14-18-31(9)25-12-13-26-28(5,6)27(32)16-17-29(26,7)24(25)15-19-30(23,31)8/h12,15,20,22-23,26H,3,10-11,13-14,16-19H2,1-2,4-9H3/t22-,23-,26?,29-,30-,31+/m1/s1. The zero-order valence-corrected chi connectivity index (χ0v) is 22.2. The fourth-order valence-electron chi connectivity index (χ4n) is 8.66. The number of carbonyl (C=O) groups is 1. The van der Waals surface area contributed by atoms with E-state index in [1.165, 1.54) is 37.7 Å². The van der Waals surface area contributed by atoms with Gasteiger partial charge in [-0.2, -0.15) is 0 Å². The average Bonchev–Trinajstić information content (AvgIpc) is 3.00. The molecule has 0 spiro atoms. The summed E-state index contributed by atoms with van der Waals surface area (Å²) in [5, 5.41) is 0. The van der Waals surface area contributed by atoms with Crippen molar-refractivity contribution >= 4 is 5.78 Å². The fraction of sp³-hybridized carbons (Fsp3) is 0.774. The quantitative estimate of drug-likeness (QED) is 0.394. The normalized spacial score (nSPS) is 41.3. The first-order valence-electron chi connectivity index (χ1n) is 13.4. The van der Waals surface area contributed by atoms with Crippen LogP contribution in [0, 0.1) is 45.3 Å². The number of rotatable bonds is 5. The van der Waals surface area contributed by atoms with E-state index in [0.717, 1.165) is 31.1 Å². The molecule has 1 unspecified atom stereocenters. The molecule has 0 amide bonds. The van der Waals surface area contributed by atoms with Gasteiger partial charge >= 0.3 is 0 Å². The first kappa shape index (κ1) is 24.0. The molecule has 0 saturated heterocycles. The van der Waals surface area contributed by atoms with Gasteiger partial charge in [-0.15, -0.1) is 0 Å². The zero-order chi connectivity index (χ0) is 23.7. The Hall–Kier alpha value is -1.11. The Morgan fingerprint density at radius 2 is 1.75 bits per heavy atom. The molecule has 0 bridgehead atoms. The number of Topliss-reactive ketones (excluding diaryl/α,β-unsaturated/α-hetero) is 1. The van der Waals surface area contributed by atoms with Crippen LogP contribution in [-0.4, -0.2) is 5.78 Å². The lowest BCUT2D eigenvalue weighted by Crippen LogP contribution is -2.53. The molecule has 4 aliphatic rings. The van der Waals surface area contributed by atoms with E-state index in [9.17, 15) is 4.79 Å². The maximum absolute atomic E-state index is 12.8. The van der Waals surface area contributed by atoms with Gasteiger partial charge in [-0.1, -0.05) is 79.7 Å². The predicted octanol–water partition coefficient (Wildman–Crippen LogP) is 8.71. The van der Waals surface area contributed by atoms with Gasteiger partial charge in [0, 0.05) is 11.8 Å². The molecule has 4 aliphatic carbocycles. The number of hydrogen-bond donors (Lipinski definition) is 0. The smallest absolute Gasteiger partial charge is 0.138 e. The van der Waals surface area contributed by atoms with Gasteiger partial charge in [0.1, 0.15) is 5.78 Å². The van der Waals surface area contributed by atoms with E-state index in [1.807, 2.05) is 0 Å². The SMILES string of the molecule is C=C(CC[C@@H](C)[C@H]1CC[C@@]2(C)C3=CCC4C(C)(C)C(=O)CC[C@]4(C)C3=CC[C@]12C)C(C)C. The summed E-state index contributed by atoms with van der Waals surface area (Å²) in [6.45, 7) is 23.5. The number of hydrogen-bond acceptors (Lipinski definition) is 1. The lowest BCUT2D eigenvalue weighted by molar-refractivity contribution is -0.138. The van der Waals surface area contributed by atoms with Gasteiger partial charge in [-0.05, 0) is 96.0 Å². The molecule has 0 N–H and O–H groups in total. The molecule has 0 aromatic rings. The lowest BCUT2D eigenvalue weighted by atomic mass is 9.44. The molecule has 178 valence electrons. The Balaban J connectivity index is 1.64. The van der Waals surface area contributed by atoms with Crippen molar-refractivity contribution in [1.29, 1.82) is 0 Å². The molecule has 0 heterocycles. The lowest BCUT2D eigenvalue weighted by Gasteiger charge is -2.59. The van der Waals surface area contributed by atoms with Gasteiger partial charge in [-0.25, -0.2) is 0 Å². The van der Waals surface area contributed by atoms with Crippen LogP contribution in [0.5, 0.6) is 0 Å². The number of allylic oxidation sites excluding steroid dienone is 5. The van der Waals surface area contributed by atoms with Crippen molar-refractivity contribution in [3.05, 3.63) is 35.5 Å². The second-order valence-corrected chi connectivity index (χ2v) is 13.5. The molecule has 1 nitrogen and oxygen atoms in total. The first-order valence-corrected chi connectivity index (χ1v) is 13.4. The molecular weight excluding hydrogens is 388 g/mol. The summed E-state index contributed by atoms with van der Waals surface area (Å²) in [6.07, 6.45) is 14.4. The summed E-state index contributed by atoms with van der Waals surface area (Å²) < 4.78 is 0. The summed E-state index contributed by atoms with van der Waals surface area (Å²) in [7, 11) is 0. The molecule has 0 aromatic heterocycles. The summed E-state index contributed by atoms with van der Waals surface area (Å²) in [4.78, 5) is 12.8. The van der Waals surface area contributed by atoms with Crippen molar-refractivity contribution in [2.24, 2.45) is 45.3 Å². The molecule has 2 fully saturated rings. The molecular formula is C31H48O. The van der Waals surface area contributed by atoms with Crippen LogP contribution in [0.25, 0.3) is 0 Å². The third-order valence-electron chi connectivity index (χ3n) is 11.5. The van der Waals surface area contributed by atoms with Crippen molar-refractivity contribution in [2.45, 2.75) is 107 Å². The second-order valence-electron chi connectivity index (χ2n) is 13.5. The van der Waals surface area contributed by atoms with E-state index in [4.69, 9.17) is 0 Å². The van der Waals surface area contributed by atoms with Gasteiger partial charge in [-0.3, -0.25) is 4.79 Å². The summed E-state index contributed by atoms with van der Waals surface area (Å²) in [5.41, 5.74) is 5.26. The molecule has 0 aromatic carbocycles. The van der Waals surface area contributed by atoms with Gasteiger partial charge in [0.25, 0.3) is 0 Å². The maximum Gasteiger partial charge on any atom is 0.138 e. The minimum Gasteiger partial charge on any atom is -0.299 e. The van der Waals surface area contributed by atoms with Crippen LogP contribution in [0.1, 0.15) is 107 Å². The van der Waals surface area contributed by atoms with Crippen LogP contribution in [0.2, 0.25) is 0 Å². The van der Waals surface area contributed by atoms with E-state index in [-0.39, 0.29) is 16.2 Å². The molecule has 0 radical (unpaired) electrons. The van der Waals surface area contributed by atoms with Crippen LogP contribution in [0.4, 0.5) is 0 Å². The zero-order valence-electron chi connectivity index (χ0n) is 22.2. The molecule has 6 atom stereocenters. The number of fused-ring (bicyclic) bond motifs is 5. The fourth-order valence-corrected chi connectivity index (χ4v) is 8.66. The van der Waals surface area contributed by atoms with Crippen molar-refractivity contribution in [3.63, 3.8) is 0 Å². The monoisotopic (exact) mass is 436 g/mol. The summed E-state index contributed by atoms with van der Waals surface area (Å²) in [6, 6.07) is 0. The third kappa shape index (κ3) is 3.19. The highest BCUT2D eigenvalue weighted by atomic mass is 16.1. The third-order valence-corrected chi connectivity index (χ3v) is 11.5. The molecule has 32 heavy (non-hydrogen) atoms. The van der Waals surface area contributed by atoms with E-state index in [2.05, 4.69) is 74.1 Å². The van der Waals surface area contributed by atoms with Crippen LogP contribution in [0.3, 0.4) is 0 Å². The van der Waals surface area contributed by atoms with Gasteiger partial charge in [0.15, 0.2) is 0 Å². The van der Waals surface area contributed by atoms with Gasteiger partial charge in [0.2, 0.25) is 0 Å². The molecule has 1 heteroatoms. The molecule has 4 rings (SSSR count). The Kier molecular flexibility index (Phi) is 5.79. The highest BCUT2D eigenvalue weighted by Crippen LogP contribution is 2.71. The summed E-state index contributed by atoms with van der Waals surface area (Å²) >= 11 is 0. The first-order chi connectivity index (χ1) is 14.8. The van der Waals surface area contributed by atoms with Crippen LogP contribution in [-0.2, 0) is 4.79 Å². The maximum atomic E-state index is 12.8. The molecule has 0 aliphatic heterocycles. The number of carbonyl (C=O) groups excluding carboxylic acids is 1. The Labute approximate surface area is 198 Å². The van der Waals surface area contributed by atoms with E-state index in [1.54, 1.807) is 11.1 Å². The highest BCUT2D eigenvalue weighted by molar-refractivity contribution is 5.86. The Morgan fingerprint density at radius 1 is 1.06 bits per heavy atom. The van der Waals surface area contributed by atoms with E-state index < -0.39 is 0 Å². The highest BCUT2D eigenvalue weighted by Gasteiger charge is 2.63. The Bertz CT molecular complexity index is 869. The van der Waals surface area contributed by atoms with Crippen molar-refractivity contribution < 1.29 is 4.79 Å². The minimum absolute atomic E-state index is 0.157. The van der Waals surface area contributed by atoms with Crippen molar-refractivity contribution in [2.75, 3.05) is 0 Å². The van der Waals surface area contributed by atoms with Gasteiger partial charge < -0.3 is 0 Å². The van der Waals surface area contributed by atoms with Crippen LogP contribution in [0.15, 0.2) is 35.5 Å².